The van der Waals surface area contributed by atoms with E-state index in [1.165, 1.54) is 0 Å². The number of halogens is 7. The van der Waals surface area contributed by atoms with Gasteiger partial charge in [-0.25, -0.2) is 17.6 Å². The third kappa shape index (κ3) is 2.50. The molecule has 0 aliphatic rings. The summed E-state index contributed by atoms with van der Waals surface area (Å²) in [6, 6.07) is 1.75. The third-order valence-electron chi connectivity index (χ3n) is 1.86. The molecule has 0 radical (unpaired) electrons. The average Bonchev–Trinajstić information content (AvgIpc) is 2.20. The quantitative estimate of drug-likeness (QED) is 0.577. The Morgan fingerprint density at radius 2 is 1.69 bits per heavy atom. The highest BCUT2D eigenvalue weighted by Gasteiger charge is 2.49. The van der Waals surface area contributed by atoms with E-state index in [-0.39, 0.29) is 0 Å². The Kier molecular flexibility index (Phi) is 3.88. The molecule has 0 heterocycles. The van der Waals surface area contributed by atoms with Crippen LogP contribution in [0.25, 0.3) is 0 Å². The van der Waals surface area contributed by atoms with Gasteiger partial charge in [0.2, 0.25) is 0 Å². The maximum atomic E-state index is 13.0. The molecule has 0 spiro atoms. The van der Waals surface area contributed by atoms with Crippen LogP contribution < -0.4 is 0 Å². The van der Waals surface area contributed by atoms with Crippen LogP contribution in [0.1, 0.15) is 10.4 Å². The van der Waals surface area contributed by atoms with Crippen LogP contribution in [0.3, 0.4) is 0 Å². The third-order valence-corrected chi connectivity index (χ3v) is 2.96. The van der Waals surface area contributed by atoms with Crippen LogP contribution in [0.15, 0.2) is 18.2 Å². The van der Waals surface area contributed by atoms with Crippen molar-refractivity contribution in [3.63, 3.8) is 0 Å². The molecule has 1 atom stereocenters. The fourth-order valence-corrected chi connectivity index (χ4v) is 1.58. The van der Waals surface area contributed by atoms with Gasteiger partial charge in [-0.2, -0.15) is 8.78 Å². The first-order chi connectivity index (χ1) is 7.26. The van der Waals surface area contributed by atoms with Crippen LogP contribution >= 0.6 is 15.9 Å². The minimum atomic E-state index is -4.48. The molecular formula is C9H5BrF6. The van der Waals surface area contributed by atoms with Crippen LogP contribution in [0, 0.1) is 11.6 Å². The van der Waals surface area contributed by atoms with Crippen molar-refractivity contribution in [2.45, 2.75) is 17.2 Å². The normalized spacial score (nSPS) is 14.2. The van der Waals surface area contributed by atoms with Crippen LogP contribution in [0.2, 0.25) is 0 Å². The molecule has 1 aromatic carbocycles. The number of hydrogen-bond acceptors (Lipinski definition) is 0. The Bertz CT molecular complexity index is 378. The fraction of sp³-hybridized carbons (Fsp3) is 0.333. The summed E-state index contributed by atoms with van der Waals surface area (Å²) < 4.78 is 75.4. The summed E-state index contributed by atoms with van der Waals surface area (Å²) in [6.07, 6.45) is -3.97. The van der Waals surface area contributed by atoms with Gasteiger partial charge in [-0.1, -0.05) is 15.9 Å². The van der Waals surface area contributed by atoms with Gasteiger partial charge in [0.25, 0.3) is 0 Å². The highest BCUT2D eigenvalue weighted by molar-refractivity contribution is 9.09. The maximum Gasteiger partial charge on any atom is 0.323 e. The predicted octanol–water partition coefficient (Wildman–Crippen LogP) is 4.30. The zero-order valence-corrected chi connectivity index (χ0v) is 9.12. The van der Waals surface area contributed by atoms with E-state index >= 15 is 0 Å². The predicted molar refractivity (Wildman–Crippen MR) is 49.0 cm³/mol. The van der Waals surface area contributed by atoms with E-state index in [2.05, 4.69) is 15.9 Å². The first kappa shape index (κ1) is 13.3. The van der Waals surface area contributed by atoms with E-state index in [0.29, 0.717) is 18.2 Å². The largest absolute Gasteiger partial charge is 0.323 e. The standard InChI is InChI=1S/C9H5BrF6/c10-7(9(15,16)8(13)14)5-3-4(11)1-2-6(5)12/h1-3,7-8H. The first-order valence-corrected chi connectivity index (χ1v) is 4.93. The molecule has 1 rings (SSSR count). The van der Waals surface area contributed by atoms with Crippen molar-refractivity contribution in [1.82, 2.24) is 0 Å². The zero-order valence-electron chi connectivity index (χ0n) is 7.53. The lowest BCUT2D eigenvalue weighted by atomic mass is 10.1. The topological polar surface area (TPSA) is 0 Å². The lowest BCUT2D eigenvalue weighted by Gasteiger charge is -2.21. The average molecular weight is 307 g/mol. The van der Waals surface area contributed by atoms with Gasteiger partial charge in [0.15, 0.2) is 0 Å². The summed E-state index contributed by atoms with van der Waals surface area (Å²) in [7, 11) is 0. The molecule has 0 saturated carbocycles. The molecule has 0 aliphatic heterocycles. The molecule has 7 heteroatoms. The van der Waals surface area contributed by atoms with Crippen molar-refractivity contribution in [3.05, 3.63) is 35.4 Å². The lowest BCUT2D eigenvalue weighted by molar-refractivity contribution is -0.128. The summed E-state index contributed by atoms with van der Waals surface area (Å²) >= 11 is 2.26. The second-order valence-corrected chi connectivity index (χ2v) is 3.92. The molecule has 0 amide bonds. The van der Waals surface area contributed by atoms with Crippen LogP contribution in [0.4, 0.5) is 26.3 Å². The molecule has 1 aromatic rings. The van der Waals surface area contributed by atoms with Crippen molar-refractivity contribution in [2.24, 2.45) is 0 Å². The number of alkyl halides is 5. The van der Waals surface area contributed by atoms with E-state index in [0.717, 1.165) is 0 Å². The lowest BCUT2D eigenvalue weighted by Crippen LogP contribution is -2.31. The Morgan fingerprint density at radius 3 is 2.19 bits per heavy atom. The molecule has 0 fully saturated rings. The van der Waals surface area contributed by atoms with E-state index in [9.17, 15) is 26.3 Å². The molecule has 0 N–H and O–H groups in total. The second kappa shape index (κ2) is 4.65. The molecule has 0 aromatic heterocycles. The number of rotatable bonds is 3. The van der Waals surface area contributed by atoms with Crippen LogP contribution in [-0.4, -0.2) is 12.3 Å². The monoisotopic (exact) mass is 306 g/mol. The van der Waals surface area contributed by atoms with Crippen molar-refractivity contribution in [1.29, 1.82) is 0 Å². The van der Waals surface area contributed by atoms with Crippen molar-refractivity contribution < 1.29 is 26.3 Å². The highest BCUT2D eigenvalue weighted by atomic mass is 79.9. The minimum Gasteiger partial charge on any atom is -0.207 e. The Hall–Kier alpha value is -0.720. The van der Waals surface area contributed by atoms with Crippen molar-refractivity contribution in [2.75, 3.05) is 0 Å². The first-order valence-electron chi connectivity index (χ1n) is 4.01. The molecular weight excluding hydrogens is 302 g/mol. The van der Waals surface area contributed by atoms with E-state index < -0.39 is 34.4 Å². The van der Waals surface area contributed by atoms with Gasteiger partial charge >= 0.3 is 12.3 Å². The Labute approximate surface area is 95.4 Å². The van der Waals surface area contributed by atoms with E-state index in [4.69, 9.17) is 0 Å². The summed E-state index contributed by atoms with van der Waals surface area (Å²) in [6.45, 7) is 0. The van der Waals surface area contributed by atoms with Gasteiger partial charge in [0.05, 0.1) is 0 Å². The maximum absolute atomic E-state index is 13.0. The van der Waals surface area contributed by atoms with Gasteiger partial charge in [-0.15, -0.1) is 0 Å². The Balaban J connectivity index is 3.14. The van der Waals surface area contributed by atoms with E-state index in [1.54, 1.807) is 0 Å². The minimum absolute atomic E-state index is 0.449. The van der Waals surface area contributed by atoms with Crippen LogP contribution in [-0.2, 0) is 0 Å². The molecule has 90 valence electrons. The summed E-state index contributed by atoms with van der Waals surface area (Å²) in [5.74, 6) is -6.64. The molecule has 0 bridgehead atoms. The summed E-state index contributed by atoms with van der Waals surface area (Å²) in [5.41, 5.74) is -0.842. The van der Waals surface area contributed by atoms with Crippen molar-refractivity contribution >= 4 is 15.9 Å². The fourth-order valence-electron chi connectivity index (χ4n) is 1.03. The van der Waals surface area contributed by atoms with Crippen LogP contribution in [0.5, 0.6) is 0 Å². The molecule has 16 heavy (non-hydrogen) atoms. The zero-order chi connectivity index (χ0) is 12.5. The van der Waals surface area contributed by atoms with Gasteiger partial charge in [-0.05, 0) is 18.2 Å². The molecule has 0 nitrogen and oxygen atoms in total. The molecule has 0 aliphatic carbocycles. The number of benzene rings is 1. The second-order valence-electron chi connectivity index (χ2n) is 3.00. The van der Waals surface area contributed by atoms with Crippen molar-refractivity contribution in [3.8, 4) is 0 Å². The van der Waals surface area contributed by atoms with Gasteiger partial charge in [0.1, 0.15) is 16.5 Å². The number of hydrogen-bond donors (Lipinski definition) is 0. The van der Waals surface area contributed by atoms with Gasteiger partial charge in [0, 0.05) is 5.56 Å². The highest BCUT2D eigenvalue weighted by Crippen LogP contribution is 2.43. The molecule has 0 saturated heterocycles. The summed E-state index contributed by atoms with van der Waals surface area (Å²) in [5, 5.41) is 0. The smallest absolute Gasteiger partial charge is 0.207 e. The van der Waals surface area contributed by atoms with Gasteiger partial charge in [-0.3, -0.25) is 0 Å². The Morgan fingerprint density at radius 1 is 1.12 bits per heavy atom. The summed E-state index contributed by atoms with van der Waals surface area (Å²) in [4.78, 5) is -2.28. The van der Waals surface area contributed by atoms with E-state index in [1.807, 2.05) is 0 Å². The SMILES string of the molecule is Fc1ccc(F)c(C(Br)C(F)(F)C(F)F)c1. The van der Waals surface area contributed by atoms with Gasteiger partial charge < -0.3 is 0 Å². The molecule has 1 unspecified atom stereocenters.